The molecule has 12 heavy (non-hydrogen) atoms. The molecule has 1 rings (SSSR count). The van der Waals surface area contributed by atoms with Crippen LogP contribution in [0.25, 0.3) is 0 Å². The Balaban J connectivity index is 3.49. The van der Waals surface area contributed by atoms with Crippen molar-refractivity contribution in [3.05, 3.63) is 21.2 Å². The van der Waals surface area contributed by atoms with Crippen LogP contribution >= 0.6 is 12.2 Å². The number of aromatic hydroxyl groups is 1. The van der Waals surface area contributed by atoms with Crippen LogP contribution in [-0.2, 0) is 0 Å². The third-order valence-electron chi connectivity index (χ3n) is 1.47. The molecule has 0 spiro atoms. The van der Waals surface area contributed by atoms with Crippen molar-refractivity contribution in [1.29, 1.82) is 0 Å². The first-order chi connectivity index (χ1) is 5.52. The van der Waals surface area contributed by atoms with Crippen molar-refractivity contribution >= 4 is 12.2 Å². The summed E-state index contributed by atoms with van der Waals surface area (Å²) >= 11 is 4.85. The molecule has 0 bridgehead atoms. The van der Waals surface area contributed by atoms with Gasteiger partial charge in [-0.3, -0.25) is 14.3 Å². The largest absolute Gasteiger partial charge is 0.494 e. The summed E-state index contributed by atoms with van der Waals surface area (Å²) < 4.78 is 1.71. The van der Waals surface area contributed by atoms with Gasteiger partial charge < -0.3 is 5.11 Å². The minimum Gasteiger partial charge on any atom is -0.494 e. The second-order valence-corrected chi connectivity index (χ2v) is 3.15. The molecule has 0 aliphatic rings. The number of nitrogens with one attached hydrogen (secondary N) is 1. The molecule has 0 saturated heterocycles. The van der Waals surface area contributed by atoms with Gasteiger partial charge in [-0.25, -0.2) is 0 Å². The smallest absolute Gasteiger partial charge is 0.255 e. The summed E-state index contributed by atoms with van der Waals surface area (Å²) in [5.41, 5.74) is -0.380. The second kappa shape index (κ2) is 3.10. The summed E-state index contributed by atoms with van der Waals surface area (Å²) in [5, 5.41) is 9.32. The Labute approximate surface area is 74.5 Å². The average Bonchev–Trinajstić information content (AvgIpc) is 1.82. The van der Waals surface area contributed by atoms with E-state index in [1.54, 1.807) is 0 Å². The first-order valence-corrected chi connectivity index (χ1v) is 3.98. The summed E-state index contributed by atoms with van der Waals surface area (Å²) in [6, 6.07) is 1.14. The third-order valence-corrected chi connectivity index (χ3v) is 1.77. The van der Waals surface area contributed by atoms with Crippen LogP contribution in [0.5, 0.6) is 5.88 Å². The van der Waals surface area contributed by atoms with Crippen LogP contribution in [0.4, 0.5) is 0 Å². The van der Waals surface area contributed by atoms with Crippen molar-refractivity contribution in [3.8, 4) is 5.88 Å². The molecule has 0 aromatic carbocycles. The Morgan fingerprint density at radius 2 is 2.25 bits per heavy atom. The fourth-order valence-electron chi connectivity index (χ4n) is 0.992. The molecule has 0 aliphatic carbocycles. The Hall–Kier alpha value is -1.10. The summed E-state index contributed by atoms with van der Waals surface area (Å²) in [4.78, 5) is 13.2. The molecule has 0 amide bonds. The molecular weight excluding hydrogens is 176 g/mol. The van der Waals surface area contributed by atoms with E-state index in [0.717, 1.165) is 6.07 Å². The van der Waals surface area contributed by atoms with Crippen LogP contribution in [0, 0.1) is 4.77 Å². The number of hydrogen-bond donors (Lipinski definition) is 2. The molecule has 0 unspecified atom stereocenters. The lowest BCUT2D eigenvalue weighted by molar-refractivity contribution is 0.386. The van der Waals surface area contributed by atoms with Crippen molar-refractivity contribution in [2.45, 2.75) is 19.9 Å². The van der Waals surface area contributed by atoms with Crippen LogP contribution in [0.2, 0.25) is 0 Å². The lowest BCUT2D eigenvalue weighted by atomic mass is 10.4. The monoisotopic (exact) mass is 186 g/mol. The molecule has 66 valence electrons. The number of hydrogen-bond acceptors (Lipinski definition) is 3. The van der Waals surface area contributed by atoms with Gasteiger partial charge in [0.25, 0.3) is 5.56 Å². The molecule has 1 heterocycles. The van der Waals surface area contributed by atoms with Crippen molar-refractivity contribution in [1.82, 2.24) is 9.55 Å². The number of H-pyrrole nitrogens is 1. The van der Waals surface area contributed by atoms with E-state index in [9.17, 15) is 9.90 Å². The van der Waals surface area contributed by atoms with E-state index in [4.69, 9.17) is 12.2 Å². The Morgan fingerprint density at radius 3 is 2.67 bits per heavy atom. The van der Waals surface area contributed by atoms with Crippen molar-refractivity contribution in [2.24, 2.45) is 0 Å². The molecule has 1 aromatic rings. The minimum atomic E-state index is -0.380. The summed E-state index contributed by atoms with van der Waals surface area (Å²) in [5.74, 6) is -0.0984. The van der Waals surface area contributed by atoms with Gasteiger partial charge in [0, 0.05) is 6.04 Å². The highest BCUT2D eigenvalue weighted by molar-refractivity contribution is 7.71. The maximum Gasteiger partial charge on any atom is 0.255 e. The van der Waals surface area contributed by atoms with Gasteiger partial charge in [0.2, 0.25) is 0 Å². The van der Waals surface area contributed by atoms with Crippen molar-refractivity contribution < 1.29 is 5.11 Å². The van der Waals surface area contributed by atoms with Crippen LogP contribution in [-0.4, -0.2) is 14.7 Å². The van der Waals surface area contributed by atoms with E-state index in [2.05, 4.69) is 4.98 Å². The van der Waals surface area contributed by atoms with Gasteiger partial charge in [0.05, 0.1) is 6.07 Å². The quantitative estimate of drug-likeness (QED) is 0.648. The SMILES string of the molecule is CC(C)n1c(O)cc(=O)[nH]c1=S. The van der Waals surface area contributed by atoms with Crippen LogP contribution < -0.4 is 5.56 Å². The first-order valence-electron chi connectivity index (χ1n) is 3.57. The predicted molar refractivity (Wildman–Crippen MR) is 47.9 cm³/mol. The normalized spacial score (nSPS) is 10.6. The molecule has 0 fully saturated rings. The zero-order valence-corrected chi connectivity index (χ0v) is 7.68. The molecule has 4 nitrogen and oxygen atoms in total. The Kier molecular flexibility index (Phi) is 2.32. The number of rotatable bonds is 1. The summed E-state index contributed by atoms with van der Waals surface area (Å²) in [7, 11) is 0. The number of aromatic amines is 1. The summed E-state index contributed by atoms with van der Waals surface area (Å²) in [6.07, 6.45) is 0. The van der Waals surface area contributed by atoms with Gasteiger partial charge in [-0.1, -0.05) is 0 Å². The first kappa shape index (κ1) is 8.99. The molecule has 0 atom stereocenters. The Morgan fingerprint density at radius 1 is 1.67 bits per heavy atom. The average molecular weight is 186 g/mol. The molecule has 5 heteroatoms. The molecule has 0 radical (unpaired) electrons. The molecule has 0 saturated carbocycles. The second-order valence-electron chi connectivity index (χ2n) is 2.76. The van der Waals surface area contributed by atoms with Gasteiger partial charge >= 0.3 is 0 Å². The fraction of sp³-hybridized carbons (Fsp3) is 0.429. The van der Waals surface area contributed by atoms with Gasteiger partial charge in [-0.05, 0) is 26.1 Å². The maximum atomic E-state index is 10.8. The van der Waals surface area contributed by atoms with Crippen LogP contribution in [0.1, 0.15) is 19.9 Å². The third kappa shape index (κ3) is 1.55. The Bertz CT molecular complexity index is 391. The molecule has 1 aromatic heterocycles. The van der Waals surface area contributed by atoms with E-state index in [1.807, 2.05) is 13.8 Å². The highest BCUT2D eigenvalue weighted by atomic mass is 32.1. The van der Waals surface area contributed by atoms with Crippen LogP contribution in [0.3, 0.4) is 0 Å². The van der Waals surface area contributed by atoms with E-state index in [-0.39, 0.29) is 22.3 Å². The highest BCUT2D eigenvalue weighted by Gasteiger charge is 2.04. The van der Waals surface area contributed by atoms with Crippen LogP contribution in [0.15, 0.2) is 10.9 Å². The van der Waals surface area contributed by atoms with Gasteiger partial charge in [0.1, 0.15) is 0 Å². The number of aromatic nitrogens is 2. The maximum absolute atomic E-state index is 10.8. The minimum absolute atomic E-state index is 0.0364. The topological polar surface area (TPSA) is 58.0 Å². The van der Waals surface area contributed by atoms with Crippen molar-refractivity contribution in [3.63, 3.8) is 0 Å². The predicted octanol–water partition coefficient (Wildman–Crippen LogP) is 1.19. The zero-order valence-electron chi connectivity index (χ0n) is 6.87. The lowest BCUT2D eigenvalue weighted by Crippen LogP contribution is -2.13. The molecule has 0 aliphatic heterocycles. The molecular formula is C7H10N2O2S. The van der Waals surface area contributed by atoms with E-state index in [1.165, 1.54) is 4.57 Å². The molecule has 2 N–H and O–H groups in total. The van der Waals surface area contributed by atoms with E-state index >= 15 is 0 Å². The lowest BCUT2D eigenvalue weighted by Gasteiger charge is -2.11. The summed E-state index contributed by atoms with van der Waals surface area (Å²) in [6.45, 7) is 3.74. The number of nitrogens with zero attached hydrogens (tertiary/aromatic N) is 1. The van der Waals surface area contributed by atoms with Gasteiger partial charge in [-0.15, -0.1) is 0 Å². The van der Waals surface area contributed by atoms with Gasteiger partial charge in [0.15, 0.2) is 10.7 Å². The fourth-order valence-corrected chi connectivity index (χ4v) is 1.40. The standard InChI is InChI=1S/C7H10N2O2S/c1-4(2)9-6(11)3-5(10)8-7(9)12/h3-4,11H,1-2H3,(H,8,10,12). The highest BCUT2D eigenvalue weighted by Crippen LogP contribution is 2.12. The zero-order chi connectivity index (χ0) is 9.30. The van der Waals surface area contributed by atoms with E-state index in [0.29, 0.717) is 0 Å². The van der Waals surface area contributed by atoms with E-state index < -0.39 is 0 Å². The van der Waals surface area contributed by atoms with Gasteiger partial charge in [-0.2, -0.15) is 0 Å². The van der Waals surface area contributed by atoms with Crippen molar-refractivity contribution in [2.75, 3.05) is 0 Å².